The van der Waals surface area contributed by atoms with Crippen LogP contribution in [0.3, 0.4) is 0 Å². The first-order chi connectivity index (χ1) is 10.6. The molecule has 0 atom stereocenters. The fourth-order valence-electron chi connectivity index (χ4n) is 1.76. The second-order valence-electron chi connectivity index (χ2n) is 4.34. The number of nitrogens with zero attached hydrogens (tertiary/aromatic N) is 1. The molecule has 1 amide bonds. The number of halogens is 1. The Morgan fingerprint density at radius 3 is 2.45 bits per heavy atom. The van der Waals surface area contributed by atoms with Crippen LogP contribution >= 0.6 is 11.6 Å². The molecule has 6 heteroatoms. The fraction of sp³-hybridized carbons (Fsp3) is 0.125. The molecular formula is C16H15ClN2O3. The molecule has 114 valence electrons. The lowest BCUT2D eigenvalue weighted by Crippen LogP contribution is -2.07. The van der Waals surface area contributed by atoms with Gasteiger partial charge in [-0.15, -0.1) is 0 Å². The van der Waals surface area contributed by atoms with Crippen molar-refractivity contribution in [2.45, 2.75) is 0 Å². The molecule has 0 spiro atoms. The summed E-state index contributed by atoms with van der Waals surface area (Å²) in [4.78, 5) is 15.7. The Bertz CT molecular complexity index is 679. The molecule has 5 nitrogen and oxygen atoms in total. The largest absolute Gasteiger partial charge is 0.497 e. The Morgan fingerprint density at radius 2 is 1.86 bits per heavy atom. The number of ether oxygens (including phenoxy) is 2. The number of nitrogens with one attached hydrogen (secondary N) is 1. The molecule has 0 saturated heterocycles. The van der Waals surface area contributed by atoms with Gasteiger partial charge in [-0.1, -0.05) is 11.6 Å². The van der Waals surface area contributed by atoms with Gasteiger partial charge in [-0.05, 0) is 35.9 Å². The van der Waals surface area contributed by atoms with Gasteiger partial charge in [-0.25, -0.2) is 4.98 Å². The maximum atomic E-state index is 11.9. The molecule has 0 aliphatic carbocycles. The van der Waals surface area contributed by atoms with E-state index in [0.29, 0.717) is 22.3 Å². The van der Waals surface area contributed by atoms with Crippen LogP contribution < -0.4 is 14.8 Å². The highest BCUT2D eigenvalue weighted by Gasteiger charge is 2.02. The number of benzene rings is 1. The molecule has 0 unspecified atom stereocenters. The third-order valence-corrected chi connectivity index (χ3v) is 3.00. The summed E-state index contributed by atoms with van der Waals surface area (Å²) in [5, 5.41) is 3.02. The average Bonchev–Trinajstić information content (AvgIpc) is 2.52. The van der Waals surface area contributed by atoms with Crippen LogP contribution in [0.2, 0.25) is 5.15 Å². The highest BCUT2D eigenvalue weighted by atomic mass is 35.5. The third kappa shape index (κ3) is 4.49. The lowest BCUT2D eigenvalue weighted by atomic mass is 10.2. The number of carbonyl (C=O) groups excluding carboxylic acids is 1. The lowest BCUT2D eigenvalue weighted by Gasteiger charge is -2.06. The second-order valence-corrected chi connectivity index (χ2v) is 4.72. The molecule has 1 aromatic carbocycles. The Morgan fingerprint density at radius 1 is 1.18 bits per heavy atom. The number of amides is 1. The summed E-state index contributed by atoms with van der Waals surface area (Å²) in [6.07, 6.45) is 4.61. The number of carbonyl (C=O) groups is 1. The number of aromatic nitrogens is 1. The van der Waals surface area contributed by atoms with E-state index in [4.69, 9.17) is 21.1 Å². The number of hydrogen-bond donors (Lipinski definition) is 1. The summed E-state index contributed by atoms with van der Waals surface area (Å²) in [5.41, 5.74) is 1.37. The van der Waals surface area contributed by atoms with Crippen LogP contribution in [0.25, 0.3) is 6.08 Å². The van der Waals surface area contributed by atoms with Gasteiger partial charge in [0.1, 0.15) is 16.7 Å². The lowest BCUT2D eigenvalue weighted by molar-refractivity contribution is -0.111. The molecule has 1 heterocycles. The number of methoxy groups -OCH3 is 2. The minimum atomic E-state index is -0.274. The van der Waals surface area contributed by atoms with E-state index in [-0.39, 0.29) is 5.91 Å². The molecule has 22 heavy (non-hydrogen) atoms. The van der Waals surface area contributed by atoms with Crippen molar-refractivity contribution < 1.29 is 14.3 Å². The van der Waals surface area contributed by atoms with Gasteiger partial charge >= 0.3 is 0 Å². The number of pyridine rings is 1. The standard InChI is InChI=1S/C16H15ClN2O3/c1-21-13-7-11(8-14(10-13)22-2)3-4-16(20)19-12-5-6-18-15(17)9-12/h3-10H,1-2H3,(H,18,19,20). The summed E-state index contributed by atoms with van der Waals surface area (Å²) in [6.45, 7) is 0. The zero-order valence-corrected chi connectivity index (χ0v) is 12.9. The van der Waals surface area contributed by atoms with E-state index < -0.39 is 0 Å². The molecule has 2 aromatic rings. The molecule has 0 bridgehead atoms. The third-order valence-electron chi connectivity index (χ3n) is 2.80. The fourth-order valence-corrected chi connectivity index (χ4v) is 1.94. The second kappa shape index (κ2) is 7.47. The SMILES string of the molecule is COc1cc(C=CC(=O)Nc2ccnc(Cl)c2)cc(OC)c1. The van der Waals surface area contributed by atoms with E-state index in [2.05, 4.69) is 10.3 Å². The predicted octanol–water partition coefficient (Wildman–Crippen LogP) is 3.40. The molecule has 0 aliphatic heterocycles. The van der Waals surface area contributed by atoms with Crippen LogP contribution in [0.1, 0.15) is 5.56 Å². The van der Waals surface area contributed by atoms with Gasteiger partial charge in [-0.2, -0.15) is 0 Å². The van der Waals surface area contributed by atoms with Crippen molar-refractivity contribution >= 4 is 29.3 Å². The van der Waals surface area contributed by atoms with Crippen molar-refractivity contribution in [2.75, 3.05) is 19.5 Å². The summed E-state index contributed by atoms with van der Waals surface area (Å²) in [6, 6.07) is 8.59. The van der Waals surface area contributed by atoms with Gasteiger partial charge in [0.15, 0.2) is 0 Å². The van der Waals surface area contributed by atoms with Crippen molar-refractivity contribution in [2.24, 2.45) is 0 Å². The number of hydrogen-bond acceptors (Lipinski definition) is 4. The van der Waals surface area contributed by atoms with Crippen LogP contribution in [-0.4, -0.2) is 25.1 Å². The monoisotopic (exact) mass is 318 g/mol. The highest BCUT2D eigenvalue weighted by Crippen LogP contribution is 2.23. The maximum Gasteiger partial charge on any atom is 0.248 e. The highest BCUT2D eigenvalue weighted by molar-refractivity contribution is 6.29. The molecule has 0 radical (unpaired) electrons. The smallest absolute Gasteiger partial charge is 0.248 e. The van der Waals surface area contributed by atoms with E-state index >= 15 is 0 Å². The minimum absolute atomic E-state index is 0.274. The van der Waals surface area contributed by atoms with Crippen LogP contribution in [0.5, 0.6) is 11.5 Å². The zero-order chi connectivity index (χ0) is 15.9. The molecule has 0 aliphatic rings. The quantitative estimate of drug-likeness (QED) is 0.678. The van der Waals surface area contributed by atoms with E-state index in [1.807, 2.05) is 0 Å². The van der Waals surface area contributed by atoms with E-state index in [1.54, 1.807) is 50.6 Å². The van der Waals surface area contributed by atoms with Gasteiger partial charge in [0.05, 0.1) is 14.2 Å². The van der Waals surface area contributed by atoms with Crippen LogP contribution in [-0.2, 0) is 4.79 Å². The summed E-state index contributed by atoms with van der Waals surface area (Å²) in [7, 11) is 3.14. The first-order valence-electron chi connectivity index (χ1n) is 6.44. The van der Waals surface area contributed by atoms with Gasteiger partial charge in [-0.3, -0.25) is 4.79 Å². The first-order valence-corrected chi connectivity index (χ1v) is 6.82. The van der Waals surface area contributed by atoms with Gasteiger partial charge < -0.3 is 14.8 Å². The number of anilines is 1. The van der Waals surface area contributed by atoms with Crippen LogP contribution in [0.15, 0.2) is 42.6 Å². The summed E-state index contributed by atoms with van der Waals surface area (Å²) in [5.74, 6) is 1.03. The van der Waals surface area contributed by atoms with Gasteiger partial charge in [0.2, 0.25) is 5.91 Å². The summed E-state index contributed by atoms with van der Waals surface area (Å²) >= 11 is 5.76. The Kier molecular flexibility index (Phi) is 5.38. The van der Waals surface area contributed by atoms with Crippen molar-refractivity contribution in [3.63, 3.8) is 0 Å². The molecule has 2 rings (SSSR count). The van der Waals surface area contributed by atoms with Crippen LogP contribution in [0.4, 0.5) is 5.69 Å². The van der Waals surface area contributed by atoms with E-state index in [9.17, 15) is 4.79 Å². The van der Waals surface area contributed by atoms with Crippen molar-refractivity contribution in [1.29, 1.82) is 0 Å². The summed E-state index contributed by atoms with van der Waals surface area (Å²) < 4.78 is 10.4. The minimum Gasteiger partial charge on any atom is -0.497 e. The van der Waals surface area contributed by atoms with Crippen LogP contribution in [0, 0.1) is 0 Å². The topological polar surface area (TPSA) is 60.5 Å². The van der Waals surface area contributed by atoms with E-state index in [1.165, 1.54) is 12.3 Å². The first kappa shape index (κ1) is 15.9. The van der Waals surface area contributed by atoms with Crippen molar-refractivity contribution in [3.05, 3.63) is 53.3 Å². The molecule has 0 fully saturated rings. The Labute approximate surface area is 133 Å². The van der Waals surface area contributed by atoms with Crippen molar-refractivity contribution in [3.8, 4) is 11.5 Å². The predicted molar refractivity (Wildman–Crippen MR) is 86.5 cm³/mol. The van der Waals surface area contributed by atoms with Gasteiger partial charge in [0, 0.05) is 24.0 Å². The molecule has 0 saturated carbocycles. The normalized spacial score (nSPS) is 10.5. The van der Waals surface area contributed by atoms with Crippen molar-refractivity contribution in [1.82, 2.24) is 4.98 Å². The maximum absolute atomic E-state index is 11.9. The van der Waals surface area contributed by atoms with E-state index in [0.717, 1.165) is 5.56 Å². The number of rotatable bonds is 5. The Hall–Kier alpha value is -2.53. The van der Waals surface area contributed by atoms with Gasteiger partial charge in [0.25, 0.3) is 0 Å². The molecular weight excluding hydrogens is 304 g/mol. The zero-order valence-electron chi connectivity index (χ0n) is 12.2. The molecule has 1 aromatic heterocycles. The Balaban J connectivity index is 2.09. The average molecular weight is 319 g/mol. The molecule has 1 N–H and O–H groups in total.